The van der Waals surface area contributed by atoms with Crippen LogP contribution in [0.4, 0.5) is 17.1 Å². The number of rotatable bonds is 5. The number of anilines is 2. The van der Waals surface area contributed by atoms with Crippen molar-refractivity contribution in [1.82, 2.24) is 0 Å². The van der Waals surface area contributed by atoms with E-state index in [0.29, 0.717) is 5.69 Å². The zero-order valence-corrected chi connectivity index (χ0v) is 15.1. The largest absolute Gasteiger partial charge is 0.335 e. The predicted octanol–water partition coefficient (Wildman–Crippen LogP) is 4.34. The van der Waals surface area contributed by atoms with E-state index in [0.717, 1.165) is 40.8 Å². The van der Waals surface area contributed by atoms with Crippen LogP contribution in [0.25, 0.3) is 0 Å². The molecule has 0 atom stereocenters. The van der Waals surface area contributed by atoms with Crippen molar-refractivity contribution < 1.29 is 4.92 Å². The standard InChI is InChI=1S/C18H19N5O2S/c1-13(21-22-16-4-2-5-17(12-16)23(24)25)14-6-8-15(9-7-14)20-18-19-10-3-11-26-18/h2,4-9,12,22H,3,10-11H2,1H3,(H,19,20)/b21-13-. The van der Waals surface area contributed by atoms with E-state index in [1.165, 1.54) is 12.1 Å². The maximum absolute atomic E-state index is 10.8. The Bertz CT molecular complexity index is 849. The van der Waals surface area contributed by atoms with E-state index in [4.69, 9.17) is 0 Å². The number of hydrogen-bond acceptors (Lipinski definition) is 7. The van der Waals surface area contributed by atoms with Gasteiger partial charge in [-0.3, -0.25) is 20.5 Å². The average molecular weight is 369 g/mol. The first-order valence-electron chi connectivity index (χ1n) is 8.21. The molecular formula is C18H19N5O2S. The molecule has 26 heavy (non-hydrogen) atoms. The summed E-state index contributed by atoms with van der Waals surface area (Å²) in [5, 5.41) is 19.4. The number of aliphatic imine (C=N–C) groups is 1. The van der Waals surface area contributed by atoms with E-state index in [1.54, 1.807) is 23.9 Å². The second-order valence-electron chi connectivity index (χ2n) is 5.71. The second-order valence-corrected chi connectivity index (χ2v) is 6.79. The fraction of sp³-hybridized carbons (Fsp3) is 0.222. The molecule has 7 nitrogen and oxygen atoms in total. The molecule has 1 heterocycles. The minimum absolute atomic E-state index is 0.0294. The van der Waals surface area contributed by atoms with E-state index in [-0.39, 0.29) is 5.69 Å². The van der Waals surface area contributed by atoms with Crippen LogP contribution in [0.1, 0.15) is 18.9 Å². The summed E-state index contributed by atoms with van der Waals surface area (Å²) in [6.07, 6.45) is 1.13. The Hall–Kier alpha value is -2.87. The van der Waals surface area contributed by atoms with Crippen molar-refractivity contribution in [2.45, 2.75) is 13.3 Å². The zero-order chi connectivity index (χ0) is 18.4. The van der Waals surface area contributed by atoms with Crippen LogP contribution in [0.2, 0.25) is 0 Å². The molecule has 0 fully saturated rings. The van der Waals surface area contributed by atoms with Crippen molar-refractivity contribution in [3.63, 3.8) is 0 Å². The lowest BCUT2D eigenvalue weighted by molar-refractivity contribution is -0.384. The van der Waals surface area contributed by atoms with Gasteiger partial charge in [0.15, 0.2) is 5.17 Å². The van der Waals surface area contributed by atoms with Gasteiger partial charge in [0, 0.05) is 30.1 Å². The highest BCUT2D eigenvalue weighted by atomic mass is 32.2. The van der Waals surface area contributed by atoms with Crippen molar-refractivity contribution in [3.8, 4) is 0 Å². The number of nitrogens with zero attached hydrogens (tertiary/aromatic N) is 3. The number of amidine groups is 1. The van der Waals surface area contributed by atoms with Crippen molar-refractivity contribution in [2.24, 2.45) is 10.1 Å². The van der Waals surface area contributed by atoms with Crippen LogP contribution < -0.4 is 10.7 Å². The molecule has 0 amide bonds. The summed E-state index contributed by atoms with van der Waals surface area (Å²) in [7, 11) is 0. The summed E-state index contributed by atoms with van der Waals surface area (Å²) < 4.78 is 0. The van der Waals surface area contributed by atoms with Crippen LogP contribution in [0.5, 0.6) is 0 Å². The molecule has 0 aromatic heterocycles. The third-order valence-corrected chi connectivity index (χ3v) is 4.76. The number of nitro benzene ring substituents is 1. The van der Waals surface area contributed by atoms with E-state index in [9.17, 15) is 10.1 Å². The van der Waals surface area contributed by atoms with Gasteiger partial charge in [0.25, 0.3) is 5.69 Å². The van der Waals surface area contributed by atoms with Crippen LogP contribution in [0.3, 0.4) is 0 Å². The number of non-ortho nitro benzene ring substituents is 1. The second kappa shape index (κ2) is 8.48. The molecule has 0 aliphatic carbocycles. The van der Waals surface area contributed by atoms with Gasteiger partial charge in [0.05, 0.1) is 16.3 Å². The highest BCUT2D eigenvalue weighted by molar-refractivity contribution is 8.14. The topological polar surface area (TPSA) is 91.9 Å². The van der Waals surface area contributed by atoms with Crippen molar-refractivity contribution in [3.05, 3.63) is 64.2 Å². The molecule has 0 unspecified atom stereocenters. The summed E-state index contributed by atoms with van der Waals surface area (Å²) in [6, 6.07) is 14.2. The summed E-state index contributed by atoms with van der Waals surface area (Å²) in [6.45, 7) is 2.76. The molecule has 0 radical (unpaired) electrons. The van der Waals surface area contributed by atoms with E-state index in [2.05, 4.69) is 20.8 Å². The maximum Gasteiger partial charge on any atom is 0.271 e. The Labute approximate surface area is 155 Å². The lowest BCUT2D eigenvalue weighted by atomic mass is 10.1. The van der Waals surface area contributed by atoms with Gasteiger partial charge in [-0.1, -0.05) is 30.0 Å². The summed E-state index contributed by atoms with van der Waals surface area (Å²) >= 11 is 1.73. The van der Waals surface area contributed by atoms with E-state index >= 15 is 0 Å². The van der Waals surface area contributed by atoms with Crippen LogP contribution in [0, 0.1) is 10.1 Å². The molecule has 8 heteroatoms. The molecule has 1 aliphatic heterocycles. The molecule has 1 aliphatic rings. The number of benzene rings is 2. The Morgan fingerprint density at radius 1 is 1.23 bits per heavy atom. The molecule has 3 rings (SSSR count). The van der Waals surface area contributed by atoms with Crippen molar-refractivity contribution in [2.75, 3.05) is 23.0 Å². The number of nitro groups is 1. The molecular weight excluding hydrogens is 350 g/mol. The first-order valence-corrected chi connectivity index (χ1v) is 9.20. The van der Waals surface area contributed by atoms with Gasteiger partial charge in [-0.2, -0.15) is 5.10 Å². The molecule has 0 bridgehead atoms. The zero-order valence-electron chi connectivity index (χ0n) is 14.3. The van der Waals surface area contributed by atoms with Crippen LogP contribution in [-0.2, 0) is 0 Å². The Morgan fingerprint density at radius 3 is 2.73 bits per heavy atom. The minimum Gasteiger partial charge on any atom is -0.335 e. The lowest BCUT2D eigenvalue weighted by Gasteiger charge is -2.13. The van der Waals surface area contributed by atoms with Gasteiger partial charge >= 0.3 is 0 Å². The highest BCUT2D eigenvalue weighted by Gasteiger charge is 2.07. The van der Waals surface area contributed by atoms with Gasteiger partial charge in [-0.05, 0) is 37.1 Å². The van der Waals surface area contributed by atoms with Crippen LogP contribution in [-0.4, -0.2) is 28.1 Å². The van der Waals surface area contributed by atoms with E-state index < -0.39 is 4.92 Å². The first kappa shape index (κ1) is 17.9. The van der Waals surface area contributed by atoms with E-state index in [1.807, 2.05) is 31.2 Å². The molecule has 0 saturated carbocycles. The van der Waals surface area contributed by atoms with Crippen LogP contribution in [0.15, 0.2) is 58.6 Å². The number of thioether (sulfide) groups is 1. The molecule has 0 saturated heterocycles. The number of nitrogens with one attached hydrogen (secondary N) is 2. The third kappa shape index (κ3) is 4.82. The van der Waals surface area contributed by atoms with Gasteiger partial charge in [0.1, 0.15) is 0 Å². The third-order valence-electron chi connectivity index (χ3n) is 3.76. The normalized spacial score (nSPS) is 14.5. The minimum atomic E-state index is -0.428. The first-order chi connectivity index (χ1) is 12.6. The predicted molar refractivity (Wildman–Crippen MR) is 108 cm³/mol. The van der Waals surface area contributed by atoms with Gasteiger partial charge in [-0.25, -0.2) is 0 Å². The van der Waals surface area contributed by atoms with Gasteiger partial charge in [0.2, 0.25) is 0 Å². The summed E-state index contributed by atoms with van der Waals surface area (Å²) in [5.41, 5.74) is 6.20. The van der Waals surface area contributed by atoms with Crippen molar-refractivity contribution in [1.29, 1.82) is 0 Å². The highest BCUT2D eigenvalue weighted by Crippen LogP contribution is 2.18. The number of hydrazone groups is 1. The quantitative estimate of drug-likeness (QED) is 0.465. The van der Waals surface area contributed by atoms with Crippen molar-refractivity contribution >= 4 is 39.7 Å². The molecule has 2 aromatic rings. The summed E-state index contributed by atoms with van der Waals surface area (Å²) in [5.74, 6) is 1.10. The maximum atomic E-state index is 10.8. The van der Waals surface area contributed by atoms with Crippen LogP contribution >= 0.6 is 11.8 Å². The Balaban J connectivity index is 1.64. The number of hydrogen-bond donors (Lipinski definition) is 2. The SMILES string of the molecule is C/C(=N/Nc1cccc([N+](=O)[O-])c1)c1ccc(NC2=NCCCS2)cc1. The Morgan fingerprint density at radius 2 is 2.04 bits per heavy atom. The summed E-state index contributed by atoms with van der Waals surface area (Å²) in [4.78, 5) is 14.8. The van der Waals surface area contributed by atoms with Gasteiger partial charge in [-0.15, -0.1) is 0 Å². The van der Waals surface area contributed by atoms with Gasteiger partial charge < -0.3 is 5.32 Å². The molecule has 2 aromatic carbocycles. The lowest BCUT2D eigenvalue weighted by Crippen LogP contribution is -2.13. The monoisotopic (exact) mass is 369 g/mol. The molecule has 0 spiro atoms. The average Bonchev–Trinajstić information content (AvgIpc) is 2.68. The molecule has 2 N–H and O–H groups in total. The fourth-order valence-corrected chi connectivity index (χ4v) is 3.19. The fourth-order valence-electron chi connectivity index (χ4n) is 2.36. The molecule has 134 valence electrons. The Kier molecular flexibility index (Phi) is 5.85. The smallest absolute Gasteiger partial charge is 0.271 e.